The highest BCUT2D eigenvalue weighted by molar-refractivity contribution is 5.09. The quantitative estimate of drug-likeness (QED) is 0.387. The Bertz CT molecular complexity index is 156. The van der Waals surface area contributed by atoms with Gasteiger partial charge in [0.05, 0.1) is 6.04 Å². The topological polar surface area (TPSA) is 3.24 Å². The lowest BCUT2D eigenvalue weighted by Crippen LogP contribution is -2.23. The van der Waals surface area contributed by atoms with Crippen molar-refractivity contribution in [3.63, 3.8) is 0 Å². The van der Waals surface area contributed by atoms with Crippen molar-refractivity contribution in [2.45, 2.75) is 6.04 Å². The first-order valence-electron chi connectivity index (χ1n) is 2.71. The summed E-state index contributed by atoms with van der Waals surface area (Å²) in [6.45, 7) is 3.43. The molecule has 0 aliphatic carbocycles. The van der Waals surface area contributed by atoms with E-state index in [2.05, 4.69) is 18.2 Å². The van der Waals surface area contributed by atoms with Crippen LogP contribution in [0.5, 0.6) is 0 Å². The van der Waals surface area contributed by atoms with Gasteiger partial charge in [-0.05, 0) is 20.2 Å². The third-order valence-corrected chi connectivity index (χ3v) is 1.00. The van der Waals surface area contributed by atoms with E-state index in [1.165, 1.54) is 0 Å². The lowest BCUT2D eigenvalue weighted by Gasteiger charge is -2.12. The van der Waals surface area contributed by atoms with Gasteiger partial charge in [-0.15, -0.1) is 12.2 Å². The number of hydrogen-bond donors (Lipinski definition) is 0. The van der Waals surface area contributed by atoms with E-state index < -0.39 is 0 Å². The Morgan fingerprint density at radius 3 is 2.33 bits per heavy atom. The van der Waals surface area contributed by atoms with Gasteiger partial charge in [0.25, 0.3) is 0 Å². The van der Waals surface area contributed by atoms with Crippen molar-refractivity contribution in [3.8, 4) is 12.3 Å². The standard InChI is InChI=1S/C8H11N/c1-5-7-8(6-2)9(3)4/h2,7-8H,1H2,3-4H3. The van der Waals surface area contributed by atoms with Crippen molar-refractivity contribution in [1.29, 1.82) is 0 Å². The Kier molecular flexibility index (Phi) is 3.55. The van der Waals surface area contributed by atoms with Crippen molar-refractivity contribution in [2.75, 3.05) is 14.1 Å². The average Bonchev–Trinajstić information content (AvgIpc) is 1.82. The van der Waals surface area contributed by atoms with Crippen LogP contribution in [0.3, 0.4) is 0 Å². The fourth-order valence-electron chi connectivity index (χ4n) is 0.458. The Morgan fingerprint density at radius 1 is 1.67 bits per heavy atom. The average molecular weight is 121 g/mol. The summed E-state index contributed by atoms with van der Waals surface area (Å²) in [5, 5.41) is 0. The van der Waals surface area contributed by atoms with Crippen LogP contribution >= 0.6 is 0 Å². The molecule has 1 nitrogen and oxygen atoms in total. The minimum atomic E-state index is 0.0301. The largest absolute Gasteiger partial charge is 0.292 e. The number of terminal acetylenes is 1. The number of rotatable bonds is 2. The van der Waals surface area contributed by atoms with Crippen LogP contribution in [0.4, 0.5) is 0 Å². The molecule has 0 spiro atoms. The molecule has 0 radical (unpaired) electrons. The normalized spacial score (nSPS) is 11.8. The van der Waals surface area contributed by atoms with E-state index in [9.17, 15) is 0 Å². The maximum absolute atomic E-state index is 5.17. The van der Waals surface area contributed by atoms with E-state index in [0.29, 0.717) is 0 Å². The predicted molar refractivity (Wildman–Crippen MR) is 40.0 cm³/mol. The summed E-state index contributed by atoms with van der Waals surface area (Å²) in [7, 11) is 3.83. The molecule has 1 unspecified atom stereocenters. The highest BCUT2D eigenvalue weighted by Crippen LogP contribution is 1.90. The third kappa shape index (κ3) is 2.77. The highest BCUT2D eigenvalue weighted by atomic mass is 15.1. The monoisotopic (exact) mass is 121 g/mol. The second-order valence-electron chi connectivity index (χ2n) is 1.95. The molecular weight excluding hydrogens is 110 g/mol. The van der Waals surface area contributed by atoms with Crippen molar-refractivity contribution in [2.24, 2.45) is 0 Å². The van der Waals surface area contributed by atoms with Crippen LogP contribution in [0.25, 0.3) is 0 Å². The van der Waals surface area contributed by atoms with Crippen molar-refractivity contribution >= 4 is 0 Å². The minimum absolute atomic E-state index is 0.0301. The summed E-state index contributed by atoms with van der Waals surface area (Å²) >= 11 is 0. The molecule has 0 saturated carbocycles. The Labute approximate surface area is 56.7 Å². The third-order valence-electron chi connectivity index (χ3n) is 1.00. The van der Waals surface area contributed by atoms with Gasteiger partial charge in [0.1, 0.15) is 0 Å². The number of hydrogen-bond acceptors (Lipinski definition) is 1. The Morgan fingerprint density at radius 2 is 2.22 bits per heavy atom. The summed E-state index contributed by atoms with van der Waals surface area (Å²) in [6, 6.07) is 0.0301. The summed E-state index contributed by atoms with van der Waals surface area (Å²) in [6.07, 6.45) is 6.92. The molecule has 9 heavy (non-hydrogen) atoms. The van der Waals surface area contributed by atoms with Crippen LogP contribution in [0.2, 0.25) is 0 Å². The molecule has 1 atom stereocenters. The van der Waals surface area contributed by atoms with Gasteiger partial charge in [-0.2, -0.15) is 0 Å². The molecule has 0 rings (SSSR count). The molecule has 0 aliphatic heterocycles. The van der Waals surface area contributed by atoms with Gasteiger partial charge < -0.3 is 0 Å². The molecule has 0 aromatic carbocycles. The van der Waals surface area contributed by atoms with Gasteiger partial charge in [-0.25, -0.2) is 0 Å². The molecule has 0 aromatic heterocycles. The molecule has 0 amide bonds. The Hall–Kier alpha value is -0.960. The number of likely N-dealkylation sites (N-methyl/N-ethyl adjacent to an activating group) is 1. The van der Waals surface area contributed by atoms with E-state index in [4.69, 9.17) is 6.42 Å². The van der Waals surface area contributed by atoms with E-state index >= 15 is 0 Å². The van der Waals surface area contributed by atoms with E-state index in [1.54, 1.807) is 6.08 Å². The lowest BCUT2D eigenvalue weighted by atomic mass is 10.3. The first kappa shape index (κ1) is 8.04. The van der Waals surface area contributed by atoms with Gasteiger partial charge in [0, 0.05) is 0 Å². The van der Waals surface area contributed by atoms with E-state index in [1.807, 2.05) is 19.0 Å². The van der Waals surface area contributed by atoms with E-state index in [-0.39, 0.29) is 6.04 Å². The fourth-order valence-corrected chi connectivity index (χ4v) is 0.458. The Balaban J connectivity index is 4.03. The summed E-state index contributed by atoms with van der Waals surface area (Å²) in [4.78, 5) is 1.91. The van der Waals surface area contributed by atoms with Crippen LogP contribution in [0.1, 0.15) is 0 Å². The van der Waals surface area contributed by atoms with Crippen LogP contribution < -0.4 is 0 Å². The summed E-state index contributed by atoms with van der Waals surface area (Å²) < 4.78 is 0. The van der Waals surface area contributed by atoms with Gasteiger partial charge in [-0.1, -0.05) is 12.5 Å². The minimum Gasteiger partial charge on any atom is -0.292 e. The first-order chi connectivity index (χ1) is 4.22. The van der Waals surface area contributed by atoms with Crippen molar-refractivity contribution in [1.82, 2.24) is 4.90 Å². The number of nitrogens with zero attached hydrogens (tertiary/aromatic N) is 1. The van der Waals surface area contributed by atoms with Crippen molar-refractivity contribution in [3.05, 3.63) is 18.4 Å². The molecule has 0 bridgehead atoms. The molecule has 0 saturated heterocycles. The van der Waals surface area contributed by atoms with Gasteiger partial charge in [0.2, 0.25) is 0 Å². The second-order valence-corrected chi connectivity index (χ2v) is 1.95. The zero-order chi connectivity index (χ0) is 7.28. The zero-order valence-corrected chi connectivity index (χ0v) is 5.89. The molecule has 0 heterocycles. The smallest absolute Gasteiger partial charge is 0.0967 e. The molecular formula is C8H11N. The van der Waals surface area contributed by atoms with Crippen LogP contribution in [0.15, 0.2) is 18.4 Å². The molecule has 0 aliphatic rings. The molecule has 1 heteroatoms. The van der Waals surface area contributed by atoms with Gasteiger partial charge in [-0.3, -0.25) is 4.90 Å². The molecule has 48 valence electrons. The summed E-state index contributed by atoms with van der Waals surface area (Å²) in [5.41, 5.74) is 2.64. The fraction of sp³-hybridized carbons (Fsp3) is 0.375. The lowest BCUT2D eigenvalue weighted by molar-refractivity contribution is 0.401. The molecule has 0 fully saturated rings. The SMILES string of the molecule is C#CC(C=C=C)N(C)C. The van der Waals surface area contributed by atoms with Crippen molar-refractivity contribution < 1.29 is 0 Å². The first-order valence-corrected chi connectivity index (χ1v) is 2.71. The maximum atomic E-state index is 5.17. The van der Waals surface area contributed by atoms with Crippen LogP contribution in [-0.4, -0.2) is 25.0 Å². The summed E-state index contributed by atoms with van der Waals surface area (Å²) in [5.74, 6) is 2.57. The molecule has 0 N–H and O–H groups in total. The van der Waals surface area contributed by atoms with Gasteiger partial charge >= 0.3 is 0 Å². The predicted octanol–water partition coefficient (Wildman–Crippen LogP) is 0.891. The van der Waals surface area contributed by atoms with Crippen LogP contribution in [-0.2, 0) is 0 Å². The molecule has 0 aromatic rings. The van der Waals surface area contributed by atoms with E-state index in [0.717, 1.165) is 0 Å². The van der Waals surface area contributed by atoms with Gasteiger partial charge in [0.15, 0.2) is 0 Å². The maximum Gasteiger partial charge on any atom is 0.0967 e. The highest BCUT2D eigenvalue weighted by Gasteiger charge is 1.99. The van der Waals surface area contributed by atoms with Crippen LogP contribution in [0, 0.1) is 12.3 Å². The second kappa shape index (κ2) is 3.97. The zero-order valence-electron chi connectivity index (χ0n) is 5.89.